The van der Waals surface area contributed by atoms with Gasteiger partial charge in [0.2, 0.25) is 0 Å². The topological polar surface area (TPSA) is 72.2 Å². The van der Waals surface area contributed by atoms with Crippen LogP contribution in [0.3, 0.4) is 0 Å². The Morgan fingerprint density at radius 2 is 2.21 bits per heavy atom. The summed E-state index contributed by atoms with van der Waals surface area (Å²) in [5, 5.41) is 13.5. The molecule has 1 aromatic carbocycles. The molecule has 1 amide bonds. The summed E-state index contributed by atoms with van der Waals surface area (Å²) in [6, 6.07) is 4.16. The molecule has 0 spiro atoms. The van der Waals surface area contributed by atoms with Crippen molar-refractivity contribution in [2.45, 2.75) is 13.3 Å². The first-order valence-electron chi connectivity index (χ1n) is 5.73. The summed E-state index contributed by atoms with van der Waals surface area (Å²) in [5.74, 6) is 0.480. The molecule has 0 radical (unpaired) electrons. The summed E-state index contributed by atoms with van der Waals surface area (Å²) in [7, 11) is 0. The quantitative estimate of drug-likeness (QED) is 0.486. The minimum atomic E-state index is -0.530. The van der Waals surface area contributed by atoms with Crippen LogP contribution in [-0.4, -0.2) is 23.3 Å². The monoisotopic (exact) mass is 348 g/mol. The molecule has 5 nitrogen and oxygen atoms in total. The molecular formula is C12H14BrClN2O3. The number of alkyl halides is 1. The Kier molecular flexibility index (Phi) is 6.24. The first-order chi connectivity index (χ1) is 8.93. The van der Waals surface area contributed by atoms with Crippen LogP contribution in [0.2, 0.25) is 0 Å². The fourth-order valence-corrected chi connectivity index (χ4v) is 2.32. The number of halogens is 2. The standard InChI is InChI=1S/C12H14BrClN2O3/c1-8(2-3-14)7-15-12(17)9-4-10(13)6-11(5-9)16(18)19/h4-6,8H,2-3,7H2,1H3,(H,15,17). The van der Waals surface area contributed by atoms with Gasteiger partial charge in [0, 0.05) is 34.6 Å². The van der Waals surface area contributed by atoms with Crippen LogP contribution >= 0.6 is 27.5 Å². The van der Waals surface area contributed by atoms with E-state index in [1.165, 1.54) is 12.1 Å². The van der Waals surface area contributed by atoms with Gasteiger partial charge < -0.3 is 5.32 Å². The third-order valence-corrected chi connectivity index (χ3v) is 3.24. The average Bonchev–Trinajstić information content (AvgIpc) is 2.35. The van der Waals surface area contributed by atoms with Gasteiger partial charge in [-0.05, 0) is 18.4 Å². The molecule has 0 saturated heterocycles. The number of rotatable bonds is 6. The number of amides is 1. The molecule has 0 bridgehead atoms. The Balaban J connectivity index is 2.74. The molecule has 1 N–H and O–H groups in total. The van der Waals surface area contributed by atoms with Crippen molar-refractivity contribution < 1.29 is 9.72 Å². The normalized spacial score (nSPS) is 11.9. The number of non-ortho nitro benzene ring substituents is 1. The Bertz CT molecular complexity index is 482. The van der Waals surface area contributed by atoms with E-state index in [1.54, 1.807) is 6.07 Å². The summed E-state index contributed by atoms with van der Waals surface area (Å²) in [6.07, 6.45) is 0.806. The lowest BCUT2D eigenvalue weighted by Crippen LogP contribution is -2.28. The van der Waals surface area contributed by atoms with Crippen molar-refractivity contribution in [2.75, 3.05) is 12.4 Å². The van der Waals surface area contributed by atoms with Gasteiger partial charge in [-0.15, -0.1) is 11.6 Å². The number of nitro groups is 1. The number of carbonyl (C=O) groups is 1. The van der Waals surface area contributed by atoms with E-state index in [0.717, 1.165) is 6.42 Å². The molecule has 19 heavy (non-hydrogen) atoms. The maximum atomic E-state index is 11.9. The molecule has 1 aromatic rings. The lowest BCUT2D eigenvalue weighted by molar-refractivity contribution is -0.385. The third-order valence-electron chi connectivity index (χ3n) is 2.57. The van der Waals surface area contributed by atoms with Gasteiger partial charge in [-0.3, -0.25) is 14.9 Å². The van der Waals surface area contributed by atoms with Crippen LogP contribution in [0.15, 0.2) is 22.7 Å². The van der Waals surface area contributed by atoms with Crippen molar-refractivity contribution in [3.05, 3.63) is 38.3 Å². The highest BCUT2D eigenvalue weighted by Crippen LogP contribution is 2.21. The summed E-state index contributed by atoms with van der Waals surface area (Å²) >= 11 is 8.76. The average molecular weight is 350 g/mol. The largest absolute Gasteiger partial charge is 0.352 e. The van der Waals surface area contributed by atoms with Crippen LogP contribution < -0.4 is 5.32 Å². The second-order valence-corrected chi connectivity index (χ2v) is 5.54. The lowest BCUT2D eigenvalue weighted by Gasteiger charge is -2.11. The predicted octanol–water partition coefficient (Wildman–Crippen LogP) is 3.35. The van der Waals surface area contributed by atoms with E-state index in [1.807, 2.05) is 6.92 Å². The minimum Gasteiger partial charge on any atom is -0.352 e. The molecule has 7 heteroatoms. The van der Waals surface area contributed by atoms with Gasteiger partial charge in [-0.25, -0.2) is 0 Å². The molecule has 1 rings (SSSR count). The molecule has 1 atom stereocenters. The number of nitrogens with one attached hydrogen (secondary N) is 1. The van der Waals surface area contributed by atoms with Crippen molar-refractivity contribution in [1.29, 1.82) is 0 Å². The molecule has 104 valence electrons. The maximum absolute atomic E-state index is 11.9. The van der Waals surface area contributed by atoms with Crippen LogP contribution in [0, 0.1) is 16.0 Å². The molecule has 0 heterocycles. The highest BCUT2D eigenvalue weighted by atomic mass is 79.9. The Hall–Kier alpha value is -1.14. The fraction of sp³-hybridized carbons (Fsp3) is 0.417. The van der Waals surface area contributed by atoms with Gasteiger partial charge in [0.05, 0.1) is 4.92 Å². The van der Waals surface area contributed by atoms with Crippen LogP contribution in [0.25, 0.3) is 0 Å². The number of hydrogen-bond acceptors (Lipinski definition) is 3. The zero-order chi connectivity index (χ0) is 14.4. The van der Waals surface area contributed by atoms with Crippen molar-refractivity contribution in [1.82, 2.24) is 5.32 Å². The summed E-state index contributed by atoms with van der Waals surface area (Å²) < 4.78 is 0.501. The predicted molar refractivity (Wildman–Crippen MR) is 77.6 cm³/mol. The first-order valence-corrected chi connectivity index (χ1v) is 7.06. The van der Waals surface area contributed by atoms with E-state index in [-0.39, 0.29) is 23.1 Å². The molecule has 0 fully saturated rings. The Morgan fingerprint density at radius 1 is 1.53 bits per heavy atom. The zero-order valence-electron chi connectivity index (χ0n) is 10.4. The summed E-state index contributed by atoms with van der Waals surface area (Å²) in [6.45, 7) is 2.47. The minimum absolute atomic E-state index is 0.117. The molecular weight excluding hydrogens is 336 g/mol. The van der Waals surface area contributed by atoms with Crippen molar-refractivity contribution in [3.8, 4) is 0 Å². The molecule has 0 saturated carbocycles. The molecule has 0 aromatic heterocycles. The molecule has 0 aliphatic rings. The number of nitro benzene ring substituents is 1. The molecule has 0 aliphatic heterocycles. The number of hydrogen-bond donors (Lipinski definition) is 1. The van der Waals surface area contributed by atoms with Gasteiger partial charge in [-0.1, -0.05) is 22.9 Å². The highest BCUT2D eigenvalue weighted by molar-refractivity contribution is 9.10. The third kappa shape index (κ3) is 5.16. The Morgan fingerprint density at radius 3 is 2.79 bits per heavy atom. The number of benzene rings is 1. The van der Waals surface area contributed by atoms with Crippen molar-refractivity contribution in [3.63, 3.8) is 0 Å². The van der Waals surface area contributed by atoms with Crippen LogP contribution in [0.1, 0.15) is 23.7 Å². The van der Waals surface area contributed by atoms with Gasteiger partial charge in [0.25, 0.3) is 11.6 Å². The maximum Gasteiger partial charge on any atom is 0.271 e. The number of nitrogens with zero attached hydrogens (tertiary/aromatic N) is 1. The van der Waals surface area contributed by atoms with Crippen molar-refractivity contribution in [2.24, 2.45) is 5.92 Å². The second kappa shape index (κ2) is 7.45. The first kappa shape index (κ1) is 15.9. The van der Waals surface area contributed by atoms with Gasteiger partial charge in [-0.2, -0.15) is 0 Å². The van der Waals surface area contributed by atoms with E-state index in [9.17, 15) is 14.9 Å². The SMILES string of the molecule is CC(CCCl)CNC(=O)c1cc(Br)cc([N+](=O)[O-])c1. The van der Waals surface area contributed by atoms with Gasteiger partial charge in [0.15, 0.2) is 0 Å². The zero-order valence-corrected chi connectivity index (χ0v) is 12.7. The van der Waals surface area contributed by atoms with Crippen LogP contribution in [-0.2, 0) is 0 Å². The van der Waals surface area contributed by atoms with E-state index in [4.69, 9.17) is 11.6 Å². The van der Waals surface area contributed by atoms with Gasteiger partial charge >= 0.3 is 0 Å². The highest BCUT2D eigenvalue weighted by Gasteiger charge is 2.14. The summed E-state index contributed by atoms with van der Waals surface area (Å²) in [5.41, 5.74) is 0.146. The van der Waals surface area contributed by atoms with E-state index in [0.29, 0.717) is 16.9 Å². The molecule has 0 aliphatic carbocycles. The lowest BCUT2D eigenvalue weighted by atomic mass is 10.1. The van der Waals surface area contributed by atoms with E-state index >= 15 is 0 Å². The van der Waals surface area contributed by atoms with Crippen LogP contribution in [0.5, 0.6) is 0 Å². The number of carbonyl (C=O) groups excluding carboxylic acids is 1. The van der Waals surface area contributed by atoms with E-state index in [2.05, 4.69) is 21.2 Å². The second-order valence-electron chi connectivity index (χ2n) is 4.25. The van der Waals surface area contributed by atoms with Gasteiger partial charge in [0.1, 0.15) is 0 Å². The fourth-order valence-electron chi connectivity index (χ4n) is 1.47. The van der Waals surface area contributed by atoms with E-state index < -0.39 is 4.92 Å². The molecule has 1 unspecified atom stereocenters. The Labute approximate surface area is 124 Å². The summed E-state index contributed by atoms with van der Waals surface area (Å²) in [4.78, 5) is 22.1. The van der Waals surface area contributed by atoms with Crippen molar-refractivity contribution >= 4 is 39.1 Å². The van der Waals surface area contributed by atoms with Crippen LogP contribution in [0.4, 0.5) is 5.69 Å². The smallest absolute Gasteiger partial charge is 0.271 e.